The van der Waals surface area contributed by atoms with Gasteiger partial charge in [0.15, 0.2) is 0 Å². The first-order valence-corrected chi connectivity index (χ1v) is 8.83. The highest BCUT2D eigenvalue weighted by atomic mass is 19.1. The van der Waals surface area contributed by atoms with Crippen molar-refractivity contribution in [2.75, 3.05) is 26.8 Å². The van der Waals surface area contributed by atoms with Crippen molar-refractivity contribution in [1.82, 2.24) is 9.80 Å². The number of benzene rings is 1. The van der Waals surface area contributed by atoms with Gasteiger partial charge in [0.05, 0.1) is 13.7 Å². The second-order valence-corrected chi connectivity index (χ2v) is 7.53. The Labute approximate surface area is 148 Å². The number of amides is 1. The fourth-order valence-electron chi connectivity index (χ4n) is 4.43. The number of hydrogen-bond acceptors (Lipinski definition) is 4. The molecule has 1 aromatic carbocycles. The summed E-state index contributed by atoms with van der Waals surface area (Å²) < 4.78 is 19.5. The third-order valence-electron chi connectivity index (χ3n) is 5.88. The molecule has 0 saturated carbocycles. The predicted octanol–water partition coefficient (Wildman–Crippen LogP) is 2.03. The Hall–Kier alpha value is -1.66. The number of likely N-dealkylation sites (tertiary alicyclic amines) is 2. The molecule has 0 aromatic heterocycles. The monoisotopic (exact) mass is 350 g/mol. The maximum atomic E-state index is 14.4. The molecule has 0 unspecified atom stereocenters. The van der Waals surface area contributed by atoms with E-state index < -0.39 is 5.54 Å². The number of methoxy groups -OCH3 is 1. The molecule has 3 rings (SSSR count). The van der Waals surface area contributed by atoms with Crippen molar-refractivity contribution in [3.05, 3.63) is 29.6 Å². The molecule has 0 aliphatic carbocycles. The fourth-order valence-corrected chi connectivity index (χ4v) is 4.43. The lowest BCUT2D eigenvalue weighted by Crippen LogP contribution is -2.51. The Morgan fingerprint density at radius 2 is 2.24 bits per heavy atom. The van der Waals surface area contributed by atoms with Crippen LogP contribution in [0.3, 0.4) is 0 Å². The lowest BCUT2D eigenvalue weighted by molar-refractivity contribution is -0.131. The van der Waals surface area contributed by atoms with Gasteiger partial charge in [-0.1, -0.05) is 6.07 Å². The van der Waals surface area contributed by atoms with Crippen molar-refractivity contribution < 1.29 is 19.0 Å². The maximum absolute atomic E-state index is 14.4. The first kappa shape index (κ1) is 18.1. The average Bonchev–Trinajstić information content (AvgIpc) is 2.88. The molecule has 25 heavy (non-hydrogen) atoms. The zero-order valence-electron chi connectivity index (χ0n) is 15.2. The Morgan fingerprint density at radius 1 is 1.48 bits per heavy atom. The van der Waals surface area contributed by atoms with E-state index >= 15 is 0 Å². The zero-order valence-corrected chi connectivity index (χ0v) is 15.2. The Bertz CT molecular complexity index is 654. The summed E-state index contributed by atoms with van der Waals surface area (Å²) in [7, 11) is 1.52. The summed E-state index contributed by atoms with van der Waals surface area (Å²) in [5.41, 5.74) is 0.212. The van der Waals surface area contributed by atoms with Crippen LogP contribution in [-0.4, -0.2) is 59.2 Å². The van der Waals surface area contributed by atoms with E-state index in [1.807, 2.05) is 11.8 Å². The van der Waals surface area contributed by atoms with E-state index in [0.717, 1.165) is 25.9 Å². The number of carbonyl (C=O) groups excluding carboxylic acids is 1. The molecule has 0 bridgehead atoms. The summed E-state index contributed by atoms with van der Waals surface area (Å²) in [6.45, 7) is 5.55. The Morgan fingerprint density at radius 3 is 2.84 bits per heavy atom. The van der Waals surface area contributed by atoms with Crippen LogP contribution in [0.15, 0.2) is 18.2 Å². The van der Waals surface area contributed by atoms with Gasteiger partial charge in [-0.2, -0.15) is 0 Å². The van der Waals surface area contributed by atoms with Crippen LogP contribution in [0.1, 0.15) is 32.3 Å². The van der Waals surface area contributed by atoms with Gasteiger partial charge in [0, 0.05) is 49.8 Å². The number of nitrogens with zero attached hydrogens (tertiary/aromatic N) is 2. The standard InChI is InChI=1S/C19H27FN2O3/c1-13(24)21-7-6-18-15(10-21)9-19(2,12-23)22(18)11-14-4-5-16(25-3)8-17(14)20/h4-5,8,15,18,23H,6-7,9-12H2,1-3H3/t15-,18-,19+/m0/s1. The molecule has 2 aliphatic rings. The quantitative estimate of drug-likeness (QED) is 0.903. The fraction of sp³-hybridized carbons (Fsp3) is 0.632. The number of halogens is 1. The molecule has 2 saturated heterocycles. The van der Waals surface area contributed by atoms with Gasteiger partial charge in [-0.05, 0) is 31.7 Å². The molecule has 1 N–H and O–H groups in total. The van der Waals surface area contributed by atoms with Crippen molar-refractivity contribution in [1.29, 1.82) is 0 Å². The molecule has 0 radical (unpaired) electrons. The summed E-state index contributed by atoms with van der Waals surface area (Å²) >= 11 is 0. The smallest absolute Gasteiger partial charge is 0.219 e. The van der Waals surface area contributed by atoms with Crippen LogP contribution in [0, 0.1) is 11.7 Å². The van der Waals surface area contributed by atoms with Gasteiger partial charge in [-0.3, -0.25) is 9.69 Å². The molecule has 3 atom stereocenters. The normalized spacial score (nSPS) is 29.6. The molecular weight excluding hydrogens is 323 g/mol. The van der Waals surface area contributed by atoms with E-state index in [2.05, 4.69) is 4.90 Å². The van der Waals surface area contributed by atoms with Crippen LogP contribution in [-0.2, 0) is 11.3 Å². The molecule has 1 amide bonds. The van der Waals surface area contributed by atoms with Gasteiger partial charge in [0.1, 0.15) is 11.6 Å². The molecule has 1 aromatic rings. The molecule has 5 nitrogen and oxygen atoms in total. The van der Waals surface area contributed by atoms with Gasteiger partial charge in [-0.15, -0.1) is 0 Å². The van der Waals surface area contributed by atoms with E-state index in [9.17, 15) is 14.3 Å². The summed E-state index contributed by atoms with van der Waals surface area (Å²) in [5, 5.41) is 10.0. The molecular formula is C19H27FN2O3. The van der Waals surface area contributed by atoms with Crippen LogP contribution < -0.4 is 4.74 Å². The molecule has 138 valence electrons. The zero-order chi connectivity index (χ0) is 18.2. The highest BCUT2D eigenvalue weighted by Crippen LogP contribution is 2.43. The van der Waals surface area contributed by atoms with Crippen molar-refractivity contribution in [3.8, 4) is 5.75 Å². The van der Waals surface area contributed by atoms with E-state index in [4.69, 9.17) is 4.74 Å². The van der Waals surface area contributed by atoms with Crippen LogP contribution in [0.5, 0.6) is 5.75 Å². The Kier molecular flexibility index (Phi) is 5.02. The second-order valence-electron chi connectivity index (χ2n) is 7.53. The third-order valence-corrected chi connectivity index (χ3v) is 5.88. The SMILES string of the molecule is COc1ccc(CN2[C@H]3CCN(C(C)=O)C[C@@H]3C[C@]2(C)CO)c(F)c1. The summed E-state index contributed by atoms with van der Waals surface area (Å²) in [6.07, 6.45) is 1.67. The van der Waals surface area contributed by atoms with Crippen molar-refractivity contribution in [2.45, 2.75) is 44.8 Å². The summed E-state index contributed by atoms with van der Waals surface area (Å²) in [5.74, 6) is 0.629. The second kappa shape index (κ2) is 6.92. The van der Waals surface area contributed by atoms with Gasteiger partial charge in [0.2, 0.25) is 5.91 Å². The van der Waals surface area contributed by atoms with Gasteiger partial charge in [0.25, 0.3) is 0 Å². The van der Waals surface area contributed by atoms with Crippen LogP contribution in [0.25, 0.3) is 0 Å². The maximum Gasteiger partial charge on any atom is 0.219 e. The van der Waals surface area contributed by atoms with Crippen LogP contribution >= 0.6 is 0 Å². The highest BCUT2D eigenvalue weighted by molar-refractivity contribution is 5.73. The van der Waals surface area contributed by atoms with Crippen molar-refractivity contribution in [2.24, 2.45) is 5.92 Å². The molecule has 0 spiro atoms. The topological polar surface area (TPSA) is 53.0 Å². The average molecular weight is 350 g/mol. The van der Waals surface area contributed by atoms with Crippen LogP contribution in [0.4, 0.5) is 4.39 Å². The number of fused-ring (bicyclic) bond motifs is 1. The molecule has 2 aliphatic heterocycles. The minimum Gasteiger partial charge on any atom is -0.497 e. The minimum absolute atomic E-state index is 0.0256. The number of carbonyl (C=O) groups is 1. The number of aliphatic hydroxyl groups is 1. The first-order valence-electron chi connectivity index (χ1n) is 8.83. The number of piperidine rings is 1. The van der Waals surface area contributed by atoms with Gasteiger partial charge >= 0.3 is 0 Å². The van der Waals surface area contributed by atoms with Crippen molar-refractivity contribution >= 4 is 5.91 Å². The summed E-state index contributed by atoms with van der Waals surface area (Å²) in [6, 6.07) is 5.18. The molecule has 6 heteroatoms. The van der Waals surface area contributed by atoms with E-state index in [1.165, 1.54) is 13.2 Å². The lowest BCUT2D eigenvalue weighted by Gasteiger charge is -2.40. The Balaban J connectivity index is 1.83. The first-order chi connectivity index (χ1) is 11.9. The largest absolute Gasteiger partial charge is 0.497 e. The predicted molar refractivity (Wildman–Crippen MR) is 92.8 cm³/mol. The van der Waals surface area contributed by atoms with Gasteiger partial charge in [-0.25, -0.2) is 4.39 Å². The molecule has 2 heterocycles. The van der Waals surface area contributed by atoms with Crippen LogP contribution in [0.2, 0.25) is 0 Å². The third kappa shape index (κ3) is 3.37. The minimum atomic E-state index is -0.394. The number of rotatable bonds is 4. The number of hydrogen-bond donors (Lipinski definition) is 1. The number of aliphatic hydroxyl groups excluding tert-OH is 1. The van der Waals surface area contributed by atoms with E-state index in [-0.39, 0.29) is 24.4 Å². The highest BCUT2D eigenvalue weighted by Gasteiger charge is 2.50. The summed E-state index contributed by atoms with van der Waals surface area (Å²) in [4.78, 5) is 15.8. The van der Waals surface area contributed by atoms with E-state index in [1.54, 1.807) is 19.1 Å². The van der Waals surface area contributed by atoms with Crippen molar-refractivity contribution in [3.63, 3.8) is 0 Å². The number of ether oxygens (including phenoxy) is 1. The van der Waals surface area contributed by atoms with E-state index in [0.29, 0.717) is 23.8 Å². The van der Waals surface area contributed by atoms with Gasteiger partial charge < -0.3 is 14.7 Å². The molecule has 2 fully saturated rings. The lowest BCUT2D eigenvalue weighted by atomic mass is 9.89.